The number of aromatic nitrogens is 1. The second-order valence-electron chi connectivity index (χ2n) is 6.99. The number of halogens is 1. The van der Waals surface area contributed by atoms with Crippen LogP contribution in [-0.4, -0.2) is 53.3 Å². The predicted molar refractivity (Wildman–Crippen MR) is 95.7 cm³/mol. The van der Waals surface area contributed by atoms with Crippen molar-refractivity contribution in [3.8, 4) is 0 Å². The monoisotopic (exact) mass is 362 g/mol. The lowest BCUT2D eigenvalue weighted by atomic mass is 9.79. The van der Waals surface area contributed by atoms with Gasteiger partial charge in [-0.05, 0) is 31.0 Å². The lowest BCUT2D eigenvalue weighted by molar-refractivity contribution is -0.0750. The van der Waals surface area contributed by atoms with Crippen molar-refractivity contribution >= 4 is 16.8 Å². The van der Waals surface area contributed by atoms with E-state index in [2.05, 4.69) is 4.98 Å². The number of hydrogen-bond acceptors (Lipinski definition) is 4. The maximum Gasteiger partial charge on any atom is 0.254 e. The van der Waals surface area contributed by atoms with E-state index in [1.54, 1.807) is 12.0 Å². The summed E-state index contributed by atoms with van der Waals surface area (Å²) in [5.41, 5.74) is -0.777. The molecule has 1 aromatic heterocycles. The Labute approximate surface area is 150 Å². The average molecular weight is 362 g/mol. The summed E-state index contributed by atoms with van der Waals surface area (Å²) in [5, 5.41) is 11.3. The molecule has 0 radical (unpaired) electrons. The molecule has 1 aliphatic rings. The van der Waals surface area contributed by atoms with Gasteiger partial charge in [-0.15, -0.1) is 0 Å². The largest absolute Gasteiger partial charge is 0.389 e. The minimum Gasteiger partial charge on any atom is -0.389 e. The van der Waals surface area contributed by atoms with Crippen molar-refractivity contribution < 1.29 is 19.0 Å². The van der Waals surface area contributed by atoms with Crippen LogP contribution in [0.4, 0.5) is 4.39 Å². The highest BCUT2D eigenvalue weighted by Crippen LogP contribution is 2.32. The minimum atomic E-state index is -0.869. The summed E-state index contributed by atoms with van der Waals surface area (Å²) >= 11 is 0. The van der Waals surface area contributed by atoms with Crippen molar-refractivity contribution in [2.45, 2.75) is 25.4 Å². The van der Waals surface area contributed by atoms with E-state index in [-0.39, 0.29) is 17.4 Å². The molecule has 2 heterocycles. The molecule has 2 atom stereocenters. The third kappa shape index (κ3) is 3.50. The number of piperidine rings is 1. The number of fused-ring (bicyclic) bond motifs is 1. The van der Waals surface area contributed by atoms with E-state index < -0.39 is 17.0 Å². The van der Waals surface area contributed by atoms with E-state index in [1.165, 1.54) is 24.3 Å². The summed E-state index contributed by atoms with van der Waals surface area (Å²) in [6.07, 6.45) is 0.957. The molecule has 0 aliphatic carbocycles. The van der Waals surface area contributed by atoms with Crippen molar-refractivity contribution in [2.24, 2.45) is 5.92 Å². The molecule has 6 nitrogen and oxygen atoms in total. The van der Waals surface area contributed by atoms with Crippen molar-refractivity contribution in [1.29, 1.82) is 0 Å². The summed E-state index contributed by atoms with van der Waals surface area (Å²) in [7, 11) is 1.59. The zero-order chi connectivity index (χ0) is 18.9. The van der Waals surface area contributed by atoms with Gasteiger partial charge in [0.25, 0.3) is 5.91 Å². The number of ether oxygens (including phenoxy) is 1. The molecular weight excluding hydrogens is 339 g/mol. The number of hydrogen-bond donors (Lipinski definition) is 2. The van der Waals surface area contributed by atoms with Crippen LogP contribution in [0.5, 0.6) is 0 Å². The van der Waals surface area contributed by atoms with Crippen LogP contribution in [-0.2, 0) is 4.74 Å². The number of carbonyl (C=O) groups is 1. The number of likely N-dealkylation sites (tertiary alicyclic amines) is 1. The van der Waals surface area contributed by atoms with Gasteiger partial charge in [0.1, 0.15) is 5.82 Å². The maximum absolute atomic E-state index is 13.4. The number of benzene rings is 1. The third-order valence-electron chi connectivity index (χ3n) is 5.29. The first-order valence-electron chi connectivity index (χ1n) is 8.67. The lowest BCUT2D eigenvalue weighted by Gasteiger charge is -2.43. The maximum atomic E-state index is 13.4. The van der Waals surface area contributed by atoms with E-state index in [1.807, 2.05) is 6.92 Å². The van der Waals surface area contributed by atoms with Gasteiger partial charge in [-0.25, -0.2) is 4.39 Å². The molecule has 7 heteroatoms. The van der Waals surface area contributed by atoms with E-state index in [9.17, 15) is 19.1 Å². The van der Waals surface area contributed by atoms with Gasteiger partial charge in [0.2, 0.25) is 5.56 Å². The molecule has 26 heavy (non-hydrogen) atoms. The van der Waals surface area contributed by atoms with Crippen molar-refractivity contribution in [1.82, 2.24) is 9.88 Å². The highest BCUT2D eigenvalue weighted by Gasteiger charge is 2.40. The number of pyridine rings is 1. The van der Waals surface area contributed by atoms with Crippen LogP contribution in [0.1, 0.15) is 30.1 Å². The molecular formula is C19H23FN2O4. The highest BCUT2D eigenvalue weighted by molar-refractivity contribution is 6.06. The summed E-state index contributed by atoms with van der Waals surface area (Å²) in [6.45, 7) is 3.13. The van der Waals surface area contributed by atoms with E-state index in [0.717, 1.165) is 0 Å². The number of H-pyrrole nitrogens is 1. The number of amides is 1. The fraction of sp³-hybridized carbons (Fsp3) is 0.474. The molecule has 2 N–H and O–H groups in total. The summed E-state index contributed by atoms with van der Waals surface area (Å²) in [5.74, 6) is -0.887. The summed E-state index contributed by atoms with van der Waals surface area (Å²) in [6, 6.07) is 5.21. The minimum absolute atomic E-state index is 0.124. The number of aliphatic hydroxyl groups is 1. The molecule has 0 bridgehead atoms. The first kappa shape index (κ1) is 18.5. The average Bonchev–Trinajstić information content (AvgIpc) is 2.61. The topological polar surface area (TPSA) is 82.6 Å². The van der Waals surface area contributed by atoms with E-state index in [0.29, 0.717) is 43.4 Å². The van der Waals surface area contributed by atoms with Gasteiger partial charge in [-0.1, -0.05) is 6.92 Å². The Hall–Kier alpha value is -2.25. The van der Waals surface area contributed by atoms with Gasteiger partial charge in [0.05, 0.1) is 16.7 Å². The van der Waals surface area contributed by atoms with E-state index >= 15 is 0 Å². The predicted octanol–water partition coefficient (Wildman–Crippen LogP) is 1.92. The van der Waals surface area contributed by atoms with Crippen LogP contribution in [0, 0.1) is 11.7 Å². The number of rotatable bonds is 4. The normalized spacial score (nSPS) is 23.4. The lowest BCUT2D eigenvalue weighted by Crippen LogP contribution is -2.53. The molecule has 140 valence electrons. The second kappa shape index (κ2) is 7.17. The molecule has 1 aromatic carbocycles. The molecule has 3 rings (SSSR count). The van der Waals surface area contributed by atoms with E-state index in [4.69, 9.17) is 4.74 Å². The molecule has 1 saturated heterocycles. The Morgan fingerprint density at radius 1 is 1.46 bits per heavy atom. The van der Waals surface area contributed by atoms with Gasteiger partial charge in [-0.3, -0.25) is 9.59 Å². The van der Waals surface area contributed by atoms with Crippen molar-refractivity contribution in [3.05, 3.63) is 46.0 Å². The number of aromatic amines is 1. The fourth-order valence-electron chi connectivity index (χ4n) is 3.58. The Morgan fingerprint density at radius 2 is 2.23 bits per heavy atom. The molecule has 2 aromatic rings. The fourth-order valence-corrected chi connectivity index (χ4v) is 3.58. The standard InChI is InChI=1S/C19H23FN2O4/c1-12-11-22(7-5-19(12,25)6-8-26-2)18(24)15-10-17(23)21-16-9-13(20)3-4-14(15)16/h3-4,9-10,12,25H,5-8,11H2,1-2H3,(H,21,23)/t12?,19-/m1/s1. The molecule has 0 saturated carbocycles. The second-order valence-corrected chi connectivity index (χ2v) is 6.99. The number of methoxy groups -OCH3 is 1. The SMILES string of the molecule is COCC[C@]1(O)CCN(C(=O)c2cc(=O)[nH]c3cc(F)ccc23)CC1C. The first-order valence-corrected chi connectivity index (χ1v) is 8.67. The smallest absolute Gasteiger partial charge is 0.254 e. The molecule has 1 unspecified atom stereocenters. The summed E-state index contributed by atoms with van der Waals surface area (Å²) < 4.78 is 18.5. The van der Waals surface area contributed by atoms with Gasteiger partial charge in [0, 0.05) is 44.2 Å². The van der Waals surface area contributed by atoms with Crippen molar-refractivity contribution in [2.75, 3.05) is 26.8 Å². The Bertz CT molecular complexity index is 881. The van der Waals surface area contributed by atoms with Gasteiger partial charge >= 0.3 is 0 Å². The van der Waals surface area contributed by atoms with Crippen LogP contribution >= 0.6 is 0 Å². The molecule has 0 spiro atoms. The van der Waals surface area contributed by atoms with Crippen LogP contribution < -0.4 is 5.56 Å². The third-order valence-corrected chi connectivity index (χ3v) is 5.29. The van der Waals surface area contributed by atoms with Crippen molar-refractivity contribution in [3.63, 3.8) is 0 Å². The number of nitrogens with one attached hydrogen (secondary N) is 1. The molecule has 1 amide bonds. The van der Waals surface area contributed by atoms with Gasteiger partial charge < -0.3 is 19.7 Å². The van der Waals surface area contributed by atoms with Crippen LogP contribution in [0.25, 0.3) is 10.9 Å². The first-order chi connectivity index (χ1) is 12.3. The van der Waals surface area contributed by atoms with Crippen LogP contribution in [0.2, 0.25) is 0 Å². The Kier molecular flexibility index (Phi) is 5.11. The molecule has 1 aliphatic heterocycles. The quantitative estimate of drug-likeness (QED) is 0.871. The Morgan fingerprint density at radius 3 is 2.92 bits per heavy atom. The molecule has 1 fully saturated rings. The highest BCUT2D eigenvalue weighted by atomic mass is 19.1. The zero-order valence-corrected chi connectivity index (χ0v) is 14.9. The van der Waals surface area contributed by atoms with Gasteiger partial charge in [-0.2, -0.15) is 0 Å². The number of carbonyl (C=O) groups excluding carboxylic acids is 1. The van der Waals surface area contributed by atoms with Crippen LogP contribution in [0.15, 0.2) is 29.1 Å². The zero-order valence-electron chi connectivity index (χ0n) is 14.9. The van der Waals surface area contributed by atoms with Gasteiger partial charge in [0.15, 0.2) is 0 Å². The Balaban J connectivity index is 1.87. The number of nitrogens with zero attached hydrogens (tertiary/aromatic N) is 1. The summed E-state index contributed by atoms with van der Waals surface area (Å²) in [4.78, 5) is 29.1. The van der Waals surface area contributed by atoms with Crippen LogP contribution in [0.3, 0.4) is 0 Å².